The molecule has 19 atom stereocenters. The molecule has 15 rings (SSSR count). The zero-order valence-corrected chi connectivity index (χ0v) is 55.8. The summed E-state index contributed by atoms with van der Waals surface area (Å²) in [6.07, 6.45) is -7.50. The van der Waals surface area contributed by atoms with E-state index in [2.05, 4.69) is 74.8 Å². The Morgan fingerprint density at radius 3 is 0.941 bits per heavy atom. The van der Waals surface area contributed by atoms with Crippen LogP contribution in [0.4, 0.5) is 29.1 Å². The number of nitrogens with zero attached hydrogens (tertiary/aromatic N) is 20. The smallest absolute Gasteiger partial charge is 0.394 e. The molecule has 5 aliphatic rings. The minimum absolute atomic E-state index is 0.00314. The fraction of sp³-hybridized carbons (Fsp3) is 0.500. The highest BCUT2D eigenvalue weighted by molar-refractivity contribution is 7.48. The third kappa shape index (κ3) is 14.0. The van der Waals surface area contributed by atoms with Gasteiger partial charge < -0.3 is 82.1 Å². The fourth-order valence-electron chi connectivity index (χ4n) is 12.5. The van der Waals surface area contributed by atoms with Crippen LogP contribution in [0.25, 0.3) is 55.8 Å². The molecule has 19 unspecified atom stereocenters. The number of fused-ring (bicyclic) bond motifs is 5. The predicted octanol–water partition coefficient (Wildman–Crippen LogP) is -0.104. The quantitative estimate of drug-likeness (QED) is 0.0315. The van der Waals surface area contributed by atoms with E-state index in [0.29, 0.717) is 11.2 Å². The molecule has 5 aliphatic heterocycles. The van der Waals surface area contributed by atoms with Gasteiger partial charge in [0.15, 0.2) is 82.2 Å². The molecule has 0 aromatic carbocycles. The Morgan fingerprint density at radius 2 is 0.637 bits per heavy atom. The van der Waals surface area contributed by atoms with Crippen molar-refractivity contribution >= 4 is 116 Å². The molecular weight excluding hydrogens is 1440 g/mol. The van der Waals surface area contributed by atoms with Crippen molar-refractivity contribution in [2.75, 3.05) is 61.7 Å². The van der Waals surface area contributed by atoms with Crippen LogP contribution in [0, 0.1) is 0 Å². The van der Waals surface area contributed by atoms with Crippen molar-refractivity contribution < 1.29 is 108 Å². The number of aliphatic hydroxyl groups is 2. The summed E-state index contributed by atoms with van der Waals surface area (Å²) in [5, 5.41) is 21.0. The van der Waals surface area contributed by atoms with Gasteiger partial charge in [-0.2, -0.15) is 0 Å². The van der Waals surface area contributed by atoms with Crippen molar-refractivity contribution in [1.29, 1.82) is 0 Å². The van der Waals surface area contributed by atoms with Crippen LogP contribution in [0.5, 0.6) is 0 Å². The van der Waals surface area contributed by atoms with E-state index in [-0.39, 0.29) is 106 Å². The number of imidazole rings is 5. The Morgan fingerprint density at radius 1 is 0.373 bits per heavy atom. The van der Waals surface area contributed by atoms with E-state index in [0.717, 1.165) is 19.0 Å². The third-order valence-electron chi connectivity index (χ3n) is 17.1. The van der Waals surface area contributed by atoms with E-state index in [4.69, 9.17) is 88.5 Å². The van der Waals surface area contributed by atoms with Gasteiger partial charge in [-0.1, -0.05) is 0 Å². The van der Waals surface area contributed by atoms with Crippen LogP contribution in [-0.2, 0) is 78.1 Å². The van der Waals surface area contributed by atoms with E-state index in [1.165, 1.54) is 67.1 Å². The van der Waals surface area contributed by atoms with Gasteiger partial charge in [-0.25, -0.2) is 93.0 Å². The van der Waals surface area contributed by atoms with E-state index >= 15 is 0 Å². The first-order chi connectivity index (χ1) is 48.8. The molecule has 0 saturated carbocycles. The summed E-state index contributed by atoms with van der Waals surface area (Å²) in [4.78, 5) is 108. The van der Waals surface area contributed by atoms with Gasteiger partial charge in [0.25, 0.3) is 0 Å². The second kappa shape index (κ2) is 27.5. The molecule has 10 aromatic heterocycles. The molecule has 10 aromatic rings. The standard InChI is InChI=1S/C50H61N25O23P4/c51-37-32-42(61-11-56-37)71(16-66-32)31-5-25(77)30(94-31)10-89-102(84,85)98-29-4-24(93-50(29)75-20-70-36-41(55)60-15-65-46(36)75)9-88-101(82,83)97-28-3-23(92-49(28)74-19-69-35-40(54)59-14-64-45(35)74)8-87-100(80,81)96-27-2-22(91-48(27)73-18-68-34-39(53)58-13-63-44(34)73)7-86-99(78,79)95-26-1-21(6-76)90-47(26)72-17-67-33-38(52)57-12-62-43(33)72/h11-31,47-50,76-77H,1-10H2,(H,78,79)(H,80,81)(H,82,83)(H,84,85)(H2,51,56,61)(H2,52,57,62)(H2,53,58,63)(H2,54,59,64)(H2,55,60,65). The lowest BCUT2D eigenvalue weighted by atomic mass is 10.2. The fourth-order valence-corrected chi connectivity index (χ4v) is 16.3. The molecule has 0 spiro atoms. The number of phosphoric acid groups is 4. The van der Waals surface area contributed by atoms with Crippen molar-refractivity contribution in [3.05, 3.63) is 63.3 Å². The molecule has 5 saturated heterocycles. The number of aliphatic hydroxyl groups excluding tert-OH is 2. The molecule has 102 heavy (non-hydrogen) atoms. The summed E-state index contributed by atoms with van der Waals surface area (Å²) in [6.45, 7) is -3.33. The number of anilines is 5. The van der Waals surface area contributed by atoms with E-state index < -0.39 is 157 Å². The average molecular weight is 1500 g/mol. The highest BCUT2D eigenvalue weighted by Crippen LogP contribution is 2.56. The number of nitrogen functional groups attached to an aromatic ring is 5. The third-order valence-corrected chi connectivity index (χ3v) is 21.1. The molecule has 0 aliphatic carbocycles. The minimum Gasteiger partial charge on any atom is -0.394 e. The van der Waals surface area contributed by atoms with Gasteiger partial charge in [0.2, 0.25) is 0 Å². The highest BCUT2D eigenvalue weighted by atomic mass is 31.2. The van der Waals surface area contributed by atoms with Gasteiger partial charge in [-0.05, 0) is 0 Å². The summed E-state index contributed by atoms with van der Waals surface area (Å²) in [5.41, 5.74) is 31.8. The topological polar surface area (TPSA) is 658 Å². The first-order valence-electron chi connectivity index (χ1n) is 30.7. The number of nitrogens with two attached hydrogens (primary N) is 5. The van der Waals surface area contributed by atoms with Crippen molar-refractivity contribution in [2.24, 2.45) is 0 Å². The van der Waals surface area contributed by atoms with Crippen molar-refractivity contribution in [1.82, 2.24) is 97.6 Å². The van der Waals surface area contributed by atoms with Crippen LogP contribution in [0.1, 0.15) is 63.2 Å². The Labute approximate surface area is 569 Å². The van der Waals surface area contributed by atoms with Crippen LogP contribution in [0.2, 0.25) is 0 Å². The van der Waals surface area contributed by atoms with Gasteiger partial charge in [0, 0.05) is 32.1 Å². The van der Waals surface area contributed by atoms with E-state index in [9.17, 15) is 48.0 Å². The van der Waals surface area contributed by atoms with Crippen LogP contribution in [-0.4, -0.2) is 221 Å². The van der Waals surface area contributed by atoms with E-state index in [1.807, 2.05) is 0 Å². The van der Waals surface area contributed by atoms with Crippen LogP contribution < -0.4 is 28.7 Å². The molecule has 15 heterocycles. The normalized spacial score (nSPS) is 29.4. The number of ether oxygens (including phenoxy) is 5. The monoisotopic (exact) mass is 1500 g/mol. The Hall–Kier alpha value is -8.09. The van der Waals surface area contributed by atoms with Crippen LogP contribution >= 0.6 is 31.3 Å². The second-order valence-electron chi connectivity index (χ2n) is 23.7. The lowest BCUT2D eigenvalue weighted by Crippen LogP contribution is -2.27. The zero-order valence-electron chi connectivity index (χ0n) is 52.2. The summed E-state index contributed by atoms with van der Waals surface area (Å²) in [7, 11) is -20.7. The second-order valence-corrected chi connectivity index (χ2v) is 29.3. The zero-order chi connectivity index (χ0) is 71.1. The van der Waals surface area contributed by atoms with Gasteiger partial charge in [0.1, 0.15) is 96.0 Å². The first-order valence-corrected chi connectivity index (χ1v) is 36.7. The van der Waals surface area contributed by atoms with Crippen molar-refractivity contribution in [3.63, 3.8) is 0 Å². The number of hydrogen-bond acceptors (Lipinski definition) is 39. The maximum Gasteiger partial charge on any atom is 0.472 e. The molecule has 52 heteroatoms. The molecule has 16 N–H and O–H groups in total. The SMILES string of the molecule is Nc1ncnc2c1ncn2C1CC(O)C(COP(=O)(O)OC2CC(COP(=O)(O)OC3CC(COP(=O)(O)OC4CC(COP(=O)(O)OC5CC(CO)OC5n5cnc6c(N)ncnc65)OC4n4cnc5c(N)ncnc54)OC3n3cnc4c(N)ncnc43)OC2n2cnc3c(N)ncnc32)O1. The Kier molecular flexibility index (Phi) is 18.8. The molecule has 0 amide bonds. The molecule has 5 fully saturated rings. The Bertz CT molecular complexity index is 4980. The molecular formula is C50H61N25O23P4. The predicted molar refractivity (Wildman–Crippen MR) is 337 cm³/mol. The van der Waals surface area contributed by atoms with Gasteiger partial charge in [-0.15, -0.1) is 0 Å². The van der Waals surface area contributed by atoms with Crippen molar-refractivity contribution in [2.45, 2.75) is 124 Å². The summed E-state index contributed by atoms with van der Waals surface area (Å²) < 4.78 is 139. The van der Waals surface area contributed by atoms with Crippen LogP contribution in [0.3, 0.4) is 0 Å². The molecule has 48 nitrogen and oxygen atoms in total. The van der Waals surface area contributed by atoms with Crippen molar-refractivity contribution in [3.8, 4) is 0 Å². The summed E-state index contributed by atoms with van der Waals surface area (Å²) >= 11 is 0. The lowest BCUT2D eigenvalue weighted by molar-refractivity contribution is -0.0651. The first kappa shape index (κ1) is 69.6. The highest BCUT2D eigenvalue weighted by Gasteiger charge is 2.50. The van der Waals surface area contributed by atoms with Crippen LogP contribution in [0.15, 0.2) is 63.3 Å². The van der Waals surface area contributed by atoms with E-state index in [1.54, 1.807) is 0 Å². The average Bonchev–Trinajstić information content (AvgIpc) is 1.64. The lowest BCUT2D eigenvalue weighted by Gasteiger charge is -2.24. The molecule has 544 valence electrons. The molecule has 0 radical (unpaired) electrons. The summed E-state index contributed by atoms with van der Waals surface area (Å²) in [6, 6.07) is 0. The number of hydrogen-bond donors (Lipinski definition) is 11. The Balaban J connectivity index is 0.612. The number of aromatic nitrogens is 20. The number of phosphoric ester groups is 4. The molecule has 0 bridgehead atoms. The van der Waals surface area contributed by atoms with Gasteiger partial charge in [-0.3, -0.25) is 59.0 Å². The number of rotatable bonds is 26. The summed E-state index contributed by atoms with van der Waals surface area (Å²) in [5.74, 6) is 0.0775. The van der Waals surface area contributed by atoms with Gasteiger partial charge >= 0.3 is 31.3 Å². The largest absolute Gasteiger partial charge is 0.472 e. The van der Waals surface area contributed by atoms with Gasteiger partial charge in [0.05, 0.1) is 95.2 Å². The minimum atomic E-state index is -5.28. The maximum atomic E-state index is 14.2. The maximum absolute atomic E-state index is 14.2.